The normalized spacial score (nSPS) is 20.8. The lowest BCUT2D eigenvalue weighted by Gasteiger charge is -2.33. The van der Waals surface area contributed by atoms with E-state index < -0.39 is 0 Å². The summed E-state index contributed by atoms with van der Waals surface area (Å²) in [6.45, 7) is 9.07. The molecule has 3 heterocycles. The first-order chi connectivity index (χ1) is 13.7. The fraction of sp³-hybridized carbons (Fsp3) is 0.762. The number of anilines is 2. The van der Waals surface area contributed by atoms with Gasteiger partial charge in [-0.25, -0.2) is 9.97 Å². The molecule has 0 aliphatic carbocycles. The summed E-state index contributed by atoms with van der Waals surface area (Å²) in [4.78, 5) is 25.7. The molecule has 1 atom stereocenters. The number of rotatable bonds is 9. The molecule has 2 saturated heterocycles. The van der Waals surface area contributed by atoms with Gasteiger partial charge in [0.1, 0.15) is 18.0 Å². The number of nitrogens with zero attached hydrogens (tertiary/aromatic N) is 4. The lowest BCUT2D eigenvalue weighted by Crippen LogP contribution is -2.38. The van der Waals surface area contributed by atoms with Crippen LogP contribution in [0.2, 0.25) is 0 Å². The van der Waals surface area contributed by atoms with Crippen LogP contribution < -0.4 is 15.5 Å². The van der Waals surface area contributed by atoms with E-state index in [0.29, 0.717) is 12.3 Å². The molecule has 2 N–H and O–H groups in total. The summed E-state index contributed by atoms with van der Waals surface area (Å²) in [5.41, 5.74) is 0. The number of carbonyl (C=O) groups excluding carboxylic acids is 1. The Labute approximate surface area is 169 Å². The van der Waals surface area contributed by atoms with Gasteiger partial charge in [-0.3, -0.25) is 4.79 Å². The Kier molecular flexibility index (Phi) is 8.33. The van der Waals surface area contributed by atoms with Crippen LogP contribution in [0.3, 0.4) is 0 Å². The molecule has 2 aliphatic rings. The van der Waals surface area contributed by atoms with Gasteiger partial charge in [0.15, 0.2) is 0 Å². The topological polar surface area (TPSA) is 73.4 Å². The van der Waals surface area contributed by atoms with Crippen LogP contribution in [-0.2, 0) is 4.79 Å². The number of hydrogen-bond donors (Lipinski definition) is 2. The van der Waals surface area contributed by atoms with Crippen molar-refractivity contribution in [2.75, 3.05) is 56.0 Å². The first-order valence-corrected chi connectivity index (χ1v) is 11.0. The van der Waals surface area contributed by atoms with Gasteiger partial charge in [0, 0.05) is 45.2 Å². The number of piperidine rings is 2. The summed E-state index contributed by atoms with van der Waals surface area (Å²) in [6, 6.07) is 2.03. The summed E-state index contributed by atoms with van der Waals surface area (Å²) in [6.07, 6.45) is 9.52. The third-order valence-electron chi connectivity index (χ3n) is 5.83. The van der Waals surface area contributed by atoms with Crippen LogP contribution in [-0.4, -0.2) is 66.6 Å². The van der Waals surface area contributed by atoms with Gasteiger partial charge in [0.05, 0.1) is 0 Å². The number of amides is 1. The van der Waals surface area contributed by atoms with E-state index in [4.69, 9.17) is 0 Å². The predicted octanol–water partition coefficient (Wildman–Crippen LogP) is 2.51. The maximum absolute atomic E-state index is 12.2. The molecule has 2 aliphatic heterocycles. The van der Waals surface area contributed by atoms with Crippen LogP contribution in [0, 0.1) is 5.92 Å². The van der Waals surface area contributed by atoms with E-state index in [9.17, 15) is 4.79 Å². The summed E-state index contributed by atoms with van der Waals surface area (Å²) in [5.74, 6) is 2.62. The van der Waals surface area contributed by atoms with Gasteiger partial charge in [0.2, 0.25) is 5.91 Å². The third kappa shape index (κ3) is 6.62. The molecule has 0 saturated carbocycles. The van der Waals surface area contributed by atoms with Gasteiger partial charge < -0.3 is 20.4 Å². The minimum Gasteiger partial charge on any atom is -0.370 e. The minimum absolute atomic E-state index is 0.200. The van der Waals surface area contributed by atoms with E-state index in [-0.39, 0.29) is 5.91 Å². The Morgan fingerprint density at radius 2 is 2.04 bits per heavy atom. The van der Waals surface area contributed by atoms with Crippen molar-refractivity contribution in [3.05, 3.63) is 12.4 Å². The fourth-order valence-corrected chi connectivity index (χ4v) is 4.27. The van der Waals surface area contributed by atoms with Crippen molar-refractivity contribution in [1.29, 1.82) is 0 Å². The molecule has 1 aromatic heterocycles. The second-order valence-electron chi connectivity index (χ2n) is 8.04. The summed E-state index contributed by atoms with van der Waals surface area (Å²) < 4.78 is 0. The third-order valence-corrected chi connectivity index (χ3v) is 5.83. The molecule has 7 nitrogen and oxygen atoms in total. The molecule has 0 bridgehead atoms. The van der Waals surface area contributed by atoms with Crippen LogP contribution in [0.5, 0.6) is 0 Å². The second kappa shape index (κ2) is 11.2. The highest BCUT2D eigenvalue weighted by atomic mass is 16.1. The van der Waals surface area contributed by atoms with Crippen molar-refractivity contribution in [1.82, 2.24) is 20.2 Å². The first kappa shape index (κ1) is 20.8. The molecular formula is C21H36N6O. The molecule has 28 heavy (non-hydrogen) atoms. The Balaban J connectivity index is 1.37. The summed E-state index contributed by atoms with van der Waals surface area (Å²) >= 11 is 0. The molecule has 0 radical (unpaired) electrons. The lowest BCUT2D eigenvalue weighted by molar-refractivity contribution is -0.121. The van der Waals surface area contributed by atoms with Gasteiger partial charge >= 0.3 is 0 Å². The molecular weight excluding hydrogens is 352 g/mol. The van der Waals surface area contributed by atoms with Crippen LogP contribution in [0.1, 0.15) is 51.9 Å². The molecule has 0 aromatic carbocycles. The number of carbonyl (C=O) groups is 1. The predicted molar refractivity (Wildman–Crippen MR) is 114 cm³/mol. The first-order valence-electron chi connectivity index (χ1n) is 11.0. The average molecular weight is 389 g/mol. The highest BCUT2D eigenvalue weighted by Crippen LogP contribution is 2.25. The van der Waals surface area contributed by atoms with Crippen LogP contribution in [0.25, 0.3) is 0 Å². The highest BCUT2D eigenvalue weighted by molar-refractivity contribution is 5.75. The van der Waals surface area contributed by atoms with Gasteiger partial charge in [-0.05, 0) is 58.0 Å². The van der Waals surface area contributed by atoms with E-state index in [1.54, 1.807) is 6.33 Å². The van der Waals surface area contributed by atoms with E-state index >= 15 is 0 Å². The number of likely N-dealkylation sites (tertiary alicyclic amines) is 1. The second-order valence-corrected chi connectivity index (χ2v) is 8.04. The Morgan fingerprint density at radius 1 is 1.18 bits per heavy atom. The SMILES string of the molecule is CCNc1cc(N2CCCC(CCC(=O)NCCN3CCCCC3)C2)ncn1. The molecule has 156 valence electrons. The Morgan fingerprint density at radius 3 is 2.86 bits per heavy atom. The van der Waals surface area contributed by atoms with Gasteiger partial charge in [-0.2, -0.15) is 0 Å². The van der Waals surface area contributed by atoms with Crippen molar-refractivity contribution < 1.29 is 4.79 Å². The van der Waals surface area contributed by atoms with Gasteiger partial charge in [-0.15, -0.1) is 0 Å². The standard InChI is InChI=1S/C21H36N6O/c1-2-22-19-15-20(25-17-24-19)27-13-6-7-18(16-27)8-9-21(28)23-10-14-26-11-4-3-5-12-26/h15,17-18H,2-14,16H2,1H3,(H,23,28)(H,22,24,25). The average Bonchev–Trinajstić information content (AvgIpc) is 2.74. The maximum atomic E-state index is 12.2. The zero-order valence-corrected chi connectivity index (χ0v) is 17.3. The highest BCUT2D eigenvalue weighted by Gasteiger charge is 2.22. The van der Waals surface area contributed by atoms with Crippen LogP contribution in [0.15, 0.2) is 12.4 Å². The molecule has 1 amide bonds. The molecule has 7 heteroatoms. The largest absolute Gasteiger partial charge is 0.370 e. The molecule has 0 spiro atoms. The molecule has 1 unspecified atom stereocenters. The maximum Gasteiger partial charge on any atom is 0.220 e. The Bertz CT molecular complexity index is 604. The lowest BCUT2D eigenvalue weighted by atomic mass is 9.93. The zero-order valence-electron chi connectivity index (χ0n) is 17.3. The number of aromatic nitrogens is 2. The smallest absolute Gasteiger partial charge is 0.220 e. The van der Waals surface area contributed by atoms with Crippen molar-refractivity contribution in [2.24, 2.45) is 5.92 Å². The Hall–Kier alpha value is -1.89. The van der Waals surface area contributed by atoms with Gasteiger partial charge in [-0.1, -0.05) is 6.42 Å². The van der Waals surface area contributed by atoms with E-state index in [2.05, 4.69) is 37.3 Å². The number of hydrogen-bond acceptors (Lipinski definition) is 6. The number of nitrogens with one attached hydrogen (secondary N) is 2. The van der Waals surface area contributed by atoms with Crippen molar-refractivity contribution in [3.63, 3.8) is 0 Å². The van der Waals surface area contributed by atoms with Crippen LogP contribution in [0.4, 0.5) is 11.6 Å². The summed E-state index contributed by atoms with van der Waals surface area (Å²) in [7, 11) is 0. The molecule has 2 fully saturated rings. The van der Waals surface area contributed by atoms with E-state index in [0.717, 1.165) is 57.2 Å². The zero-order chi connectivity index (χ0) is 19.6. The summed E-state index contributed by atoms with van der Waals surface area (Å²) in [5, 5.41) is 6.36. The van der Waals surface area contributed by atoms with Gasteiger partial charge in [0.25, 0.3) is 0 Å². The van der Waals surface area contributed by atoms with Crippen molar-refractivity contribution in [3.8, 4) is 0 Å². The minimum atomic E-state index is 0.200. The fourth-order valence-electron chi connectivity index (χ4n) is 4.27. The van der Waals surface area contributed by atoms with Crippen molar-refractivity contribution >= 4 is 17.5 Å². The van der Waals surface area contributed by atoms with Crippen molar-refractivity contribution in [2.45, 2.75) is 51.9 Å². The quantitative estimate of drug-likeness (QED) is 0.677. The van der Waals surface area contributed by atoms with E-state index in [1.165, 1.54) is 38.8 Å². The van der Waals surface area contributed by atoms with E-state index in [1.807, 2.05) is 6.07 Å². The molecule has 3 rings (SSSR count). The monoisotopic (exact) mass is 388 g/mol. The molecule has 1 aromatic rings. The van der Waals surface area contributed by atoms with Crippen LogP contribution >= 0.6 is 0 Å².